The Hall–Kier alpha value is -0.910. The summed E-state index contributed by atoms with van der Waals surface area (Å²) in [5.74, 6) is 1.97. The van der Waals surface area contributed by atoms with Crippen LogP contribution in [0.25, 0.3) is 0 Å². The van der Waals surface area contributed by atoms with Gasteiger partial charge in [0.05, 0.1) is 7.11 Å². The second-order valence-corrected chi connectivity index (χ2v) is 7.71. The van der Waals surface area contributed by atoms with Crippen molar-refractivity contribution in [2.24, 2.45) is 0 Å². The van der Waals surface area contributed by atoms with Crippen molar-refractivity contribution in [2.45, 2.75) is 55.1 Å². The maximum Gasteiger partial charge on any atom is 0.223 e. The second kappa shape index (κ2) is 8.97. The van der Waals surface area contributed by atoms with Crippen molar-refractivity contribution >= 4 is 30.1 Å². The van der Waals surface area contributed by atoms with Gasteiger partial charge in [-0.1, -0.05) is 0 Å². The third-order valence-electron chi connectivity index (χ3n) is 5.03. The Morgan fingerprint density at radius 3 is 2.46 bits per heavy atom. The monoisotopic (exact) mass is 370 g/mol. The van der Waals surface area contributed by atoms with E-state index in [9.17, 15) is 4.79 Å². The predicted molar refractivity (Wildman–Crippen MR) is 101 cm³/mol. The van der Waals surface area contributed by atoms with Crippen LogP contribution < -0.4 is 10.1 Å². The van der Waals surface area contributed by atoms with Gasteiger partial charge in [0.2, 0.25) is 5.91 Å². The van der Waals surface area contributed by atoms with Gasteiger partial charge in [-0.15, -0.1) is 24.2 Å². The first-order chi connectivity index (χ1) is 11.2. The van der Waals surface area contributed by atoms with Crippen LogP contribution in [0.1, 0.15) is 32.1 Å². The highest BCUT2D eigenvalue weighted by Crippen LogP contribution is 2.29. The molecule has 2 heterocycles. The molecule has 2 unspecified atom stereocenters. The lowest BCUT2D eigenvalue weighted by molar-refractivity contribution is -0.132. The van der Waals surface area contributed by atoms with E-state index >= 15 is 0 Å². The third-order valence-corrected chi connectivity index (χ3v) is 6.05. The third kappa shape index (κ3) is 4.80. The lowest BCUT2D eigenvalue weighted by atomic mass is 9.98. The van der Waals surface area contributed by atoms with Gasteiger partial charge in [0.1, 0.15) is 5.75 Å². The summed E-state index contributed by atoms with van der Waals surface area (Å²) < 4.78 is 5.16. The highest BCUT2D eigenvalue weighted by molar-refractivity contribution is 7.99. The van der Waals surface area contributed by atoms with E-state index in [1.807, 2.05) is 36.2 Å². The molecule has 2 saturated heterocycles. The molecule has 0 aliphatic carbocycles. The summed E-state index contributed by atoms with van der Waals surface area (Å²) in [4.78, 5) is 15.6. The Balaban J connectivity index is 0.00000208. The van der Waals surface area contributed by atoms with Crippen LogP contribution in [0.4, 0.5) is 0 Å². The Morgan fingerprint density at radius 2 is 1.88 bits per heavy atom. The zero-order valence-corrected chi connectivity index (χ0v) is 16.0. The molecule has 1 N–H and O–H groups in total. The van der Waals surface area contributed by atoms with Gasteiger partial charge in [0.15, 0.2) is 0 Å². The topological polar surface area (TPSA) is 41.6 Å². The fourth-order valence-corrected chi connectivity index (χ4v) is 4.49. The molecule has 2 aliphatic heterocycles. The minimum atomic E-state index is 0. The van der Waals surface area contributed by atoms with E-state index in [-0.39, 0.29) is 18.3 Å². The molecule has 2 atom stereocenters. The molecule has 0 aromatic heterocycles. The molecule has 1 aromatic rings. The minimum absolute atomic E-state index is 0. The standard InChI is InChI=1S/C18H26N2O2S.ClH/c1-20(15-11-13-3-4-14(12-15)19-13)18(21)9-10-23-17-7-5-16(22-2)6-8-17;/h5-8,13-15,19H,3-4,9-12H2,1-2H3;1H. The van der Waals surface area contributed by atoms with Gasteiger partial charge < -0.3 is 15.0 Å². The van der Waals surface area contributed by atoms with Crippen molar-refractivity contribution < 1.29 is 9.53 Å². The fraction of sp³-hybridized carbons (Fsp3) is 0.611. The van der Waals surface area contributed by atoms with E-state index < -0.39 is 0 Å². The lowest BCUT2D eigenvalue weighted by Gasteiger charge is -2.35. The molecule has 4 nitrogen and oxygen atoms in total. The molecule has 134 valence electrons. The Labute approximate surface area is 155 Å². The van der Waals surface area contributed by atoms with Gasteiger partial charge >= 0.3 is 0 Å². The van der Waals surface area contributed by atoms with Gasteiger partial charge in [0.25, 0.3) is 0 Å². The molecule has 6 heteroatoms. The van der Waals surface area contributed by atoms with E-state index in [0.717, 1.165) is 24.3 Å². The number of fused-ring (bicyclic) bond motifs is 2. The SMILES string of the molecule is COc1ccc(SCCC(=O)N(C)C2CC3CCC(C2)N3)cc1.Cl. The highest BCUT2D eigenvalue weighted by atomic mass is 35.5. The number of ether oxygens (including phenoxy) is 1. The fourth-order valence-electron chi connectivity index (χ4n) is 3.65. The first kappa shape index (κ1) is 19.4. The van der Waals surface area contributed by atoms with Gasteiger partial charge in [-0.3, -0.25) is 4.79 Å². The number of carbonyl (C=O) groups is 1. The molecular formula is C18H27ClN2O2S. The van der Waals surface area contributed by atoms with Crippen LogP contribution in [-0.4, -0.2) is 48.8 Å². The van der Waals surface area contributed by atoms with Crippen LogP contribution >= 0.6 is 24.2 Å². The van der Waals surface area contributed by atoms with E-state index in [4.69, 9.17) is 4.74 Å². The number of piperidine rings is 1. The van der Waals surface area contributed by atoms with E-state index in [1.165, 1.54) is 17.7 Å². The molecule has 1 aromatic carbocycles. The summed E-state index contributed by atoms with van der Waals surface area (Å²) in [6.07, 6.45) is 5.38. The Bertz CT molecular complexity index is 528. The number of methoxy groups -OCH3 is 1. The molecule has 1 amide bonds. The number of carbonyl (C=O) groups excluding carboxylic acids is 1. The van der Waals surface area contributed by atoms with Gasteiger partial charge in [-0.25, -0.2) is 0 Å². The van der Waals surface area contributed by atoms with Gasteiger partial charge in [0, 0.05) is 42.2 Å². The van der Waals surface area contributed by atoms with Crippen LogP contribution in [0.3, 0.4) is 0 Å². The number of rotatable bonds is 6. The summed E-state index contributed by atoms with van der Waals surface area (Å²) in [6.45, 7) is 0. The van der Waals surface area contributed by atoms with Crippen molar-refractivity contribution in [3.63, 3.8) is 0 Å². The van der Waals surface area contributed by atoms with E-state index in [2.05, 4.69) is 5.32 Å². The van der Waals surface area contributed by atoms with Crippen LogP contribution in [0, 0.1) is 0 Å². The van der Waals surface area contributed by atoms with Crippen molar-refractivity contribution in [3.05, 3.63) is 24.3 Å². The maximum absolute atomic E-state index is 12.4. The molecule has 2 fully saturated rings. The quantitative estimate of drug-likeness (QED) is 0.780. The first-order valence-electron chi connectivity index (χ1n) is 8.44. The van der Waals surface area contributed by atoms with Crippen molar-refractivity contribution in [2.75, 3.05) is 19.9 Å². The van der Waals surface area contributed by atoms with Crippen LogP contribution in [-0.2, 0) is 4.79 Å². The summed E-state index contributed by atoms with van der Waals surface area (Å²) in [5.41, 5.74) is 0. The number of amides is 1. The first-order valence-corrected chi connectivity index (χ1v) is 9.43. The number of hydrogen-bond acceptors (Lipinski definition) is 4. The normalized spacial score (nSPS) is 25.0. The molecule has 0 spiro atoms. The molecule has 2 bridgehead atoms. The largest absolute Gasteiger partial charge is 0.497 e. The van der Waals surface area contributed by atoms with Crippen LogP contribution in [0.2, 0.25) is 0 Å². The minimum Gasteiger partial charge on any atom is -0.497 e. The molecule has 0 radical (unpaired) electrons. The molecule has 0 saturated carbocycles. The zero-order valence-electron chi connectivity index (χ0n) is 14.4. The smallest absolute Gasteiger partial charge is 0.223 e. The van der Waals surface area contributed by atoms with Crippen LogP contribution in [0.15, 0.2) is 29.2 Å². The van der Waals surface area contributed by atoms with Crippen molar-refractivity contribution in [1.82, 2.24) is 10.2 Å². The van der Waals surface area contributed by atoms with Crippen molar-refractivity contribution in [1.29, 1.82) is 0 Å². The van der Waals surface area contributed by atoms with E-state index in [0.29, 0.717) is 24.5 Å². The second-order valence-electron chi connectivity index (χ2n) is 6.54. The summed E-state index contributed by atoms with van der Waals surface area (Å²) in [5, 5.41) is 3.64. The average molecular weight is 371 g/mol. The van der Waals surface area contributed by atoms with Gasteiger partial charge in [-0.2, -0.15) is 0 Å². The van der Waals surface area contributed by atoms with Crippen LogP contribution in [0.5, 0.6) is 5.75 Å². The predicted octanol–water partition coefficient (Wildman–Crippen LogP) is 3.34. The summed E-state index contributed by atoms with van der Waals surface area (Å²) >= 11 is 1.73. The Kier molecular flexibility index (Phi) is 7.26. The number of nitrogens with one attached hydrogen (secondary N) is 1. The molecule has 24 heavy (non-hydrogen) atoms. The average Bonchev–Trinajstić information content (AvgIpc) is 2.92. The molecular weight excluding hydrogens is 344 g/mol. The number of hydrogen-bond donors (Lipinski definition) is 1. The summed E-state index contributed by atoms with van der Waals surface area (Å²) in [6, 6.07) is 9.68. The highest BCUT2D eigenvalue weighted by Gasteiger charge is 2.36. The number of nitrogens with zero attached hydrogens (tertiary/aromatic N) is 1. The molecule has 3 rings (SSSR count). The van der Waals surface area contributed by atoms with E-state index in [1.54, 1.807) is 18.9 Å². The summed E-state index contributed by atoms with van der Waals surface area (Å²) in [7, 11) is 3.65. The van der Waals surface area contributed by atoms with Gasteiger partial charge in [-0.05, 0) is 49.9 Å². The zero-order chi connectivity index (χ0) is 16.2. The number of halogens is 1. The maximum atomic E-state index is 12.4. The lowest BCUT2D eigenvalue weighted by Crippen LogP contribution is -2.48. The molecule has 2 aliphatic rings. The van der Waals surface area contributed by atoms with Crippen molar-refractivity contribution in [3.8, 4) is 5.75 Å². The Morgan fingerprint density at radius 1 is 1.25 bits per heavy atom. The number of benzene rings is 1. The number of thioether (sulfide) groups is 1.